The van der Waals surface area contributed by atoms with E-state index in [0.717, 1.165) is 38.3 Å². The second-order valence-electron chi connectivity index (χ2n) is 6.29. The summed E-state index contributed by atoms with van der Waals surface area (Å²) in [5.41, 5.74) is 4.17. The third kappa shape index (κ3) is 3.53. The minimum Gasteiger partial charge on any atom is -0.497 e. The van der Waals surface area contributed by atoms with Gasteiger partial charge in [0.1, 0.15) is 17.6 Å². The van der Waals surface area contributed by atoms with Gasteiger partial charge in [0, 0.05) is 27.4 Å². The molecule has 0 fully saturated rings. The number of nitrogens with one attached hydrogen (secondary N) is 1. The summed E-state index contributed by atoms with van der Waals surface area (Å²) in [4.78, 5) is 0. The maximum absolute atomic E-state index is 6.50. The van der Waals surface area contributed by atoms with Crippen molar-refractivity contribution in [1.82, 2.24) is 0 Å². The number of halogens is 1. The van der Waals surface area contributed by atoms with E-state index in [1.54, 1.807) is 14.2 Å². The molecule has 0 saturated carbocycles. The lowest BCUT2D eigenvalue weighted by Gasteiger charge is -2.35. The van der Waals surface area contributed by atoms with Crippen molar-refractivity contribution < 1.29 is 14.2 Å². The summed E-state index contributed by atoms with van der Waals surface area (Å²) in [5, 5.41) is 3.49. The fraction of sp³-hybridized carbons (Fsp3) is 0.182. The van der Waals surface area contributed by atoms with E-state index >= 15 is 0 Å². The van der Waals surface area contributed by atoms with Gasteiger partial charge in [-0.05, 0) is 35.9 Å². The first-order chi connectivity index (χ1) is 13.2. The number of hydrogen-bond acceptors (Lipinski definition) is 4. The van der Waals surface area contributed by atoms with Crippen LogP contribution in [0.4, 0.5) is 5.69 Å². The number of methoxy groups -OCH3 is 2. The molecule has 138 valence electrons. The van der Waals surface area contributed by atoms with Crippen LogP contribution in [0, 0.1) is 0 Å². The van der Waals surface area contributed by atoms with Crippen LogP contribution in [-0.4, -0.2) is 14.2 Å². The van der Waals surface area contributed by atoms with Crippen molar-refractivity contribution in [3.8, 4) is 11.5 Å². The number of ether oxygens (including phenoxy) is 3. The van der Waals surface area contributed by atoms with Gasteiger partial charge in [-0.1, -0.05) is 46.3 Å². The lowest BCUT2D eigenvalue weighted by atomic mass is 9.97. The molecule has 27 heavy (non-hydrogen) atoms. The molecule has 0 aliphatic carbocycles. The van der Waals surface area contributed by atoms with Gasteiger partial charge in [0.2, 0.25) is 0 Å². The Labute approximate surface area is 167 Å². The Balaban J connectivity index is 1.78. The van der Waals surface area contributed by atoms with Crippen molar-refractivity contribution in [1.29, 1.82) is 0 Å². The number of benzene rings is 3. The van der Waals surface area contributed by atoms with E-state index in [1.165, 1.54) is 0 Å². The van der Waals surface area contributed by atoms with Crippen molar-refractivity contribution in [3.05, 3.63) is 87.9 Å². The number of fused-ring (bicyclic) bond motifs is 1. The highest BCUT2D eigenvalue weighted by Gasteiger charge is 2.31. The average Bonchev–Trinajstić information content (AvgIpc) is 2.73. The van der Waals surface area contributed by atoms with Crippen LogP contribution in [0.3, 0.4) is 0 Å². The minimum atomic E-state index is -0.343. The normalized spacial score (nSPS) is 18.3. The molecule has 1 N–H and O–H groups in total. The zero-order valence-electron chi connectivity index (χ0n) is 15.1. The summed E-state index contributed by atoms with van der Waals surface area (Å²) in [6.45, 7) is 0. The molecular formula is C22H20BrNO3. The summed E-state index contributed by atoms with van der Waals surface area (Å²) >= 11 is 3.57. The highest BCUT2D eigenvalue weighted by atomic mass is 79.9. The predicted octanol–water partition coefficient (Wildman–Crippen LogP) is 5.70. The van der Waals surface area contributed by atoms with E-state index in [2.05, 4.69) is 45.5 Å². The molecular weight excluding hydrogens is 406 g/mol. The summed E-state index contributed by atoms with van der Waals surface area (Å²) in [5.74, 6) is 1.47. The van der Waals surface area contributed by atoms with E-state index in [9.17, 15) is 0 Å². The Morgan fingerprint density at radius 1 is 0.889 bits per heavy atom. The van der Waals surface area contributed by atoms with Crippen LogP contribution in [-0.2, 0) is 4.74 Å². The fourth-order valence-electron chi connectivity index (χ4n) is 3.34. The monoisotopic (exact) mass is 425 g/mol. The molecule has 2 unspecified atom stereocenters. The quantitative estimate of drug-likeness (QED) is 0.581. The minimum absolute atomic E-state index is 0.184. The molecule has 3 aromatic carbocycles. The lowest BCUT2D eigenvalue weighted by molar-refractivity contribution is 0.0145. The number of anilines is 1. The van der Waals surface area contributed by atoms with E-state index in [0.29, 0.717) is 0 Å². The molecule has 2 atom stereocenters. The van der Waals surface area contributed by atoms with Crippen LogP contribution >= 0.6 is 15.9 Å². The molecule has 4 nitrogen and oxygen atoms in total. The van der Waals surface area contributed by atoms with Crippen molar-refractivity contribution in [3.63, 3.8) is 0 Å². The summed E-state index contributed by atoms with van der Waals surface area (Å²) < 4.78 is 18.4. The molecule has 3 aromatic rings. The molecule has 0 aromatic heterocycles. The van der Waals surface area contributed by atoms with Crippen molar-refractivity contribution in [2.24, 2.45) is 0 Å². The van der Waals surface area contributed by atoms with Gasteiger partial charge in [-0.2, -0.15) is 0 Å². The second kappa shape index (κ2) is 7.62. The Bertz CT molecular complexity index is 946. The van der Waals surface area contributed by atoms with Crippen LogP contribution < -0.4 is 14.8 Å². The van der Waals surface area contributed by atoms with Crippen LogP contribution in [0.5, 0.6) is 11.5 Å². The van der Waals surface area contributed by atoms with Gasteiger partial charge in [0.15, 0.2) is 6.23 Å². The van der Waals surface area contributed by atoms with E-state index in [-0.39, 0.29) is 12.3 Å². The molecule has 4 rings (SSSR count). The standard InChI is InChI=1S/C22H20BrNO3/c1-25-16-9-10-17(20(13-16)26-2)22-24-19-11-8-15(23)12-18(19)21(27-22)14-6-4-3-5-7-14/h3-13,21-22,24H,1-2H3. The van der Waals surface area contributed by atoms with E-state index in [1.807, 2.05) is 42.5 Å². The molecule has 5 heteroatoms. The SMILES string of the molecule is COc1ccc(C2Nc3ccc(Br)cc3C(c3ccccc3)O2)c(OC)c1. The van der Waals surface area contributed by atoms with Gasteiger partial charge in [0.05, 0.1) is 14.2 Å². The summed E-state index contributed by atoms with van der Waals surface area (Å²) in [6, 6.07) is 22.2. The van der Waals surface area contributed by atoms with Gasteiger partial charge in [-0.15, -0.1) is 0 Å². The van der Waals surface area contributed by atoms with Crippen molar-refractivity contribution >= 4 is 21.6 Å². The van der Waals surface area contributed by atoms with Gasteiger partial charge in [-0.25, -0.2) is 0 Å². The smallest absolute Gasteiger partial charge is 0.158 e. The third-order valence-electron chi connectivity index (χ3n) is 4.68. The van der Waals surface area contributed by atoms with Crippen molar-refractivity contribution in [2.45, 2.75) is 12.3 Å². The highest BCUT2D eigenvalue weighted by Crippen LogP contribution is 2.44. The molecule has 1 heterocycles. The van der Waals surface area contributed by atoms with Gasteiger partial charge >= 0.3 is 0 Å². The summed E-state index contributed by atoms with van der Waals surface area (Å²) in [6.07, 6.45) is -0.526. The van der Waals surface area contributed by atoms with Crippen LogP contribution in [0.25, 0.3) is 0 Å². The molecule has 1 aliphatic rings. The third-order valence-corrected chi connectivity index (χ3v) is 5.17. The Kier molecular flexibility index (Phi) is 5.05. The lowest BCUT2D eigenvalue weighted by Crippen LogP contribution is -2.25. The van der Waals surface area contributed by atoms with Crippen LogP contribution in [0.1, 0.15) is 29.0 Å². The largest absolute Gasteiger partial charge is 0.497 e. The Hall–Kier alpha value is -2.50. The van der Waals surface area contributed by atoms with Crippen LogP contribution in [0.2, 0.25) is 0 Å². The van der Waals surface area contributed by atoms with Gasteiger partial charge in [0.25, 0.3) is 0 Å². The van der Waals surface area contributed by atoms with Gasteiger partial charge in [-0.3, -0.25) is 0 Å². The molecule has 0 bridgehead atoms. The Morgan fingerprint density at radius 3 is 2.44 bits per heavy atom. The molecule has 0 radical (unpaired) electrons. The first kappa shape index (κ1) is 17.9. The first-order valence-corrected chi connectivity index (χ1v) is 9.47. The zero-order valence-corrected chi connectivity index (χ0v) is 16.7. The van der Waals surface area contributed by atoms with Crippen LogP contribution in [0.15, 0.2) is 71.2 Å². The highest BCUT2D eigenvalue weighted by molar-refractivity contribution is 9.10. The molecule has 0 spiro atoms. The molecule has 0 saturated heterocycles. The van der Waals surface area contributed by atoms with Gasteiger partial charge < -0.3 is 19.5 Å². The van der Waals surface area contributed by atoms with E-state index in [4.69, 9.17) is 14.2 Å². The topological polar surface area (TPSA) is 39.7 Å². The Morgan fingerprint density at radius 2 is 1.70 bits per heavy atom. The molecule has 0 amide bonds. The maximum atomic E-state index is 6.50. The fourth-order valence-corrected chi connectivity index (χ4v) is 3.72. The van der Waals surface area contributed by atoms with Crippen molar-refractivity contribution in [2.75, 3.05) is 19.5 Å². The number of rotatable bonds is 4. The average molecular weight is 426 g/mol. The first-order valence-electron chi connectivity index (χ1n) is 8.68. The second-order valence-corrected chi connectivity index (χ2v) is 7.21. The number of hydrogen-bond donors (Lipinski definition) is 1. The zero-order chi connectivity index (χ0) is 18.8. The summed E-state index contributed by atoms with van der Waals surface area (Å²) in [7, 11) is 3.30. The maximum Gasteiger partial charge on any atom is 0.158 e. The molecule has 1 aliphatic heterocycles. The van der Waals surface area contributed by atoms with E-state index < -0.39 is 0 Å². The predicted molar refractivity (Wildman–Crippen MR) is 109 cm³/mol.